The van der Waals surface area contributed by atoms with E-state index in [-0.39, 0.29) is 10.8 Å². The smallest absolute Gasteiger partial charge is 0.261 e. The zero-order valence-electron chi connectivity index (χ0n) is 23.9. The quantitative estimate of drug-likeness (QED) is 0.188. The van der Waals surface area contributed by atoms with Crippen molar-refractivity contribution in [2.24, 2.45) is 5.92 Å². The van der Waals surface area contributed by atoms with E-state index < -0.39 is 10.0 Å². The molecule has 5 aromatic rings. The van der Waals surface area contributed by atoms with Crippen molar-refractivity contribution in [3.63, 3.8) is 0 Å². The zero-order chi connectivity index (χ0) is 29.6. The molecule has 1 aliphatic heterocycles. The number of carbonyl (C=O) groups excluding carboxylic acids is 1. The first-order valence-corrected chi connectivity index (χ1v) is 16.2. The van der Waals surface area contributed by atoms with Crippen molar-refractivity contribution in [3.05, 3.63) is 138 Å². The highest BCUT2D eigenvalue weighted by atomic mass is 32.2. The number of benzene rings is 5. The first-order chi connectivity index (χ1) is 20.9. The Kier molecular flexibility index (Phi) is 8.54. The van der Waals surface area contributed by atoms with Gasteiger partial charge in [0.1, 0.15) is 0 Å². The number of hydrogen-bond donors (Lipinski definition) is 2. The van der Waals surface area contributed by atoms with E-state index >= 15 is 0 Å². The van der Waals surface area contributed by atoms with Gasteiger partial charge in [-0.3, -0.25) is 14.4 Å². The molecule has 0 unspecified atom stereocenters. The van der Waals surface area contributed by atoms with E-state index in [1.807, 2.05) is 60.7 Å². The number of hydrogen-bond acceptors (Lipinski definition) is 4. The molecule has 7 heteroatoms. The van der Waals surface area contributed by atoms with Gasteiger partial charge in [-0.15, -0.1) is 0 Å². The molecular formula is C36H35N3O3S. The highest BCUT2D eigenvalue weighted by Gasteiger charge is 2.20. The summed E-state index contributed by atoms with van der Waals surface area (Å²) in [5.74, 6) is 0.497. The Balaban J connectivity index is 1.01. The van der Waals surface area contributed by atoms with Gasteiger partial charge in [0.05, 0.1) is 10.6 Å². The monoisotopic (exact) mass is 589 g/mol. The van der Waals surface area contributed by atoms with Crippen molar-refractivity contribution in [1.82, 2.24) is 4.90 Å². The molecule has 1 amide bonds. The Hall–Kier alpha value is -4.46. The number of amides is 1. The molecule has 0 atom stereocenters. The maximum absolute atomic E-state index is 13.1. The lowest BCUT2D eigenvalue weighted by Gasteiger charge is -2.32. The molecule has 1 saturated heterocycles. The third-order valence-corrected chi connectivity index (χ3v) is 9.53. The van der Waals surface area contributed by atoms with E-state index in [9.17, 15) is 13.2 Å². The Morgan fingerprint density at radius 3 is 2.14 bits per heavy atom. The van der Waals surface area contributed by atoms with Gasteiger partial charge in [0.15, 0.2) is 0 Å². The van der Waals surface area contributed by atoms with Gasteiger partial charge in [-0.1, -0.05) is 78.9 Å². The summed E-state index contributed by atoms with van der Waals surface area (Å²) < 4.78 is 28.8. The van der Waals surface area contributed by atoms with Gasteiger partial charge in [0.2, 0.25) is 0 Å². The van der Waals surface area contributed by atoms with E-state index in [2.05, 4.69) is 45.3 Å². The molecule has 2 N–H and O–H groups in total. The third-order valence-electron chi connectivity index (χ3n) is 8.15. The van der Waals surface area contributed by atoms with Gasteiger partial charge in [-0.05, 0) is 97.2 Å². The largest absolute Gasteiger partial charge is 0.322 e. The number of fused-ring (bicyclic) bond motifs is 1. The second kappa shape index (κ2) is 12.8. The fourth-order valence-corrected chi connectivity index (χ4v) is 6.83. The third kappa shape index (κ3) is 7.13. The van der Waals surface area contributed by atoms with Crippen LogP contribution in [-0.2, 0) is 23.0 Å². The van der Waals surface area contributed by atoms with Gasteiger partial charge in [0.25, 0.3) is 15.9 Å². The number of nitrogens with one attached hydrogen (secondary N) is 2. The molecule has 1 aliphatic rings. The fourth-order valence-electron chi connectivity index (χ4n) is 5.75. The Labute approximate surface area is 253 Å². The van der Waals surface area contributed by atoms with E-state index in [1.54, 1.807) is 18.2 Å². The molecule has 0 aliphatic carbocycles. The van der Waals surface area contributed by atoms with Crippen LogP contribution in [0.2, 0.25) is 0 Å². The lowest BCUT2D eigenvalue weighted by molar-refractivity contribution is 0.102. The summed E-state index contributed by atoms with van der Waals surface area (Å²) in [6, 6.07) is 37.8. The number of piperidine rings is 1. The second-order valence-electron chi connectivity index (χ2n) is 11.2. The number of sulfonamides is 1. The van der Waals surface area contributed by atoms with Crippen LogP contribution in [0, 0.1) is 5.92 Å². The number of rotatable bonds is 9. The lowest BCUT2D eigenvalue weighted by atomic mass is 9.90. The van der Waals surface area contributed by atoms with E-state index in [0.717, 1.165) is 42.7 Å². The van der Waals surface area contributed by atoms with Crippen LogP contribution in [0.15, 0.2) is 126 Å². The molecule has 5 aromatic carbocycles. The van der Waals surface area contributed by atoms with Gasteiger partial charge in [-0.25, -0.2) is 8.42 Å². The Bertz CT molecular complexity index is 1790. The molecule has 1 fully saturated rings. The minimum Gasteiger partial charge on any atom is -0.322 e. The standard InChI is InChI=1S/C36H35N3O3S/c40-36(31-15-13-29(14-16-31)26-39-23-21-28(22-24-39)25-27-7-2-1-3-8-27)37-32-17-19-33(20-18-32)43(41,42)38-35-12-6-10-30-9-4-5-11-34(30)35/h1-20,28,38H,21-26H2,(H,37,40). The lowest BCUT2D eigenvalue weighted by Crippen LogP contribution is -2.33. The number of nitrogens with zero attached hydrogens (tertiary/aromatic N) is 1. The fraction of sp³-hybridized carbons (Fsp3) is 0.194. The number of anilines is 2. The predicted molar refractivity (Wildman–Crippen MR) is 174 cm³/mol. The normalized spacial score (nSPS) is 14.4. The molecule has 43 heavy (non-hydrogen) atoms. The highest BCUT2D eigenvalue weighted by Crippen LogP contribution is 2.27. The van der Waals surface area contributed by atoms with Crippen LogP contribution in [0.3, 0.4) is 0 Å². The maximum Gasteiger partial charge on any atom is 0.261 e. The van der Waals surface area contributed by atoms with Crippen LogP contribution in [0.1, 0.15) is 34.3 Å². The van der Waals surface area contributed by atoms with E-state index in [0.29, 0.717) is 16.9 Å². The molecule has 0 spiro atoms. The molecule has 6 rings (SSSR count). The van der Waals surface area contributed by atoms with Gasteiger partial charge < -0.3 is 5.32 Å². The molecule has 218 valence electrons. The average Bonchev–Trinajstić information content (AvgIpc) is 3.03. The highest BCUT2D eigenvalue weighted by molar-refractivity contribution is 7.92. The van der Waals surface area contributed by atoms with E-state index in [1.165, 1.54) is 36.1 Å². The summed E-state index contributed by atoms with van der Waals surface area (Å²) in [7, 11) is -3.80. The van der Waals surface area contributed by atoms with E-state index in [4.69, 9.17) is 0 Å². The van der Waals surface area contributed by atoms with Crippen molar-refractivity contribution < 1.29 is 13.2 Å². The summed E-state index contributed by atoms with van der Waals surface area (Å²) >= 11 is 0. The number of carbonyl (C=O) groups is 1. The van der Waals surface area contributed by atoms with Gasteiger partial charge in [-0.2, -0.15) is 0 Å². The molecule has 0 bridgehead atoms. The van der Waals surface area contributed by atoms with Crippen LogP contribution < -0.4 is 10.0 Å². The van der Waals surface area contributed by atoms with Crippen molar-refractivity contribution in [2.75, 3.05) is 23.1 Å². The first-order valence-electron chi connectivity index (χ1n) is 14.7. The summed E-state index contributed by atoms with van der Waals surface area (Å²) in [5.41, 5.74) is 4.21. The van der Waals surface area contributed by atoms with Crippen molar-refractivity contribution in [2.45, 2.75) is 30.7 Å². The van der Waals surface area contributed by atoms with Crippen LogP contribution in [-0.4, -0.2) is 32.3 Å². The van der Waals surface area contributed by atoms with Crippen molar-refractivity contribution in [3.8, 4) is 0 Å². The molecule has 0 radical (unpaired) electrons. The maximum atomic E-state index is 13.1. The average molecular weight is 590 g/mol. The summed E-state index contributed by atoms with van der Waals surface area (Å²) in [4.78, 5) is 15.5. The topological polar surface area (TPSA) is 78.5 Å². The second-order valence-corrected chi connectivity index (χ2v) is 12.9. The Morgan fingerprint density at radius 2 is 1.40 bits per heavy atom. The van der Waals surface area contributed by atoms with Crippen molar-refractivity contribution >= 4 is 38.1 Å². The Morgan fingerprint density at radius 1 is 0.721 bits per heavy atom. The van der Waals surface area contributed by atoms with Gasteiger partial charge in [0, 0.05) is 23.2 Å². The minimum absolute atomic E-state index is 0.117. The van der Waals surface area contributed by atoms with Crippen LogP contribution in [0.4, 0.5) is 11.4 Å². The molecular weight excluding hydrogens is 554 g/mol. The minimum atomic E-state index is -3.80. The summed E-state index contributed by atoms with van der Waals surface area (Å²) in [6.07, 6.45) is 3.56. The van der Waals surface area contributed by atoms with Crippen molar-refractivity contribution in [1.29, 1.82) is 0 Å². The first kappa shape index (κ1) is 28.6. The molecule has 0 aromatic heterocycles. The van der Waals surface area contributed by atoms with Crippen LogP contribution in [0.25, 0.3) is 10.8 Å². The summed E-state index contributed by atoms with van der Waals surface area (Å²) in [5, 5.41) is 4.65. The summed E-state index contributed by atoms with van der Waals surface area (Å²) in [6.45, 7) is 3.05. The SMILES string of the molecule is O=C(Nc1ccc(S(=O)(=O)Nc2cccc3ccccc23)cc1)c1ccc(CN2CCC(Cc3ccccc3)CC2)cc1. The molecule has 0 saturated carbocycles. The molecule has 1 heterocycles. The van der Waals surface area contributed by atoms with Crippen LogP contribution in [0.5, 0.6) is 0 Å². The number of likely N-dealkylation sites (tertiary alicyclic amines) is 1. The van der Waals surface area contributed by atoms with Crippen LogP contribution >= 0.6 is 0 Å². The molecule has 6 nitrogen and oxygen atoms in total. The zero-order valence-corrected chi connectivity index (χ0v) is 24.8. The predicted octanol–water partition coefficient (Wildman–Crippen LogP) is 7.35. The van der Waals surface area contributed by atoms with Gasteiger partial charge >= 0.3 is 0 Å².